The van der Waals surface area contributed by atoms with Crippen LogP contribution in [0.5, 0.6) is 5.75 Å². The first kappa shape index (κ1) is 55.1. The van der Waals surface area contributed by atoms with Gasteiger partial charge in [-0.25, -0.2) is 9.98 Å². The topological polar surface area (TPSA) is 406 Å². The number of aromatic hydroxyl groups is 1. The number of anilines is 3. The van der Waals surface area contributed by atoms with E-state index in [-0.39, 0.29) is 104 Å². The van der Waals surface area contributed by atoms with Crippen molar-refractivity contribution < 1.29 is 61.7 Å². The van der Waals surface area contributed by atoms with Gasteiger partial charge in [-0.15, -0.1) is 20.5 Å². The molecule has 6 rings (SSSR count). The van der Waals surface area contributed by atoms with Crippen molar-refractivity contribution in [1.29, 1.82) is 0 Å². The zero-order chi connectivity index (χ0) is 53.7. The largest absolute Gasteiger partial charge is 0.505 e. The van der Waals surface area contributed by atoms with Gasteiger partial charge in [0.25, 0.3) is 20.2 Å². The van der Waals surface area contributed by atoms with Crippen molar-refractivity contribution in [3.8, 4) is 5.75 Å². The van der Waals surface area contributed by atoms with E-state index in [1.54, 1.807) is 46.2 Å². The molecule has 6 aromatic carbocycles. The van der Waals surface area contributed by atoms with Crippen molar-refractivity contribution >= 4 is 117 Å². The van der Waals surface area contributed by atoms with Crippen molar-refractivity contribution in [3.63, 3.8) is 0 Å². The molecule has 0 radical (unpaired) electrons. The van der Waals surface area contributed by atoms with Crippen molar-refractivity contribution in [2.24, 2.45) is 50.9 Å². The van der Waals surface area contributed by atoms with Gasteiger partial charge in [-0.3, -0.25) is 9.11 Å². The summed E-state index contributed by atoms with van der Waals surface area (Å²) in [5, 5.41) is 101. The summed E-state index contributed by atoms with van der Waals surface area (Å²) in [6.45, 7) is 2.96. The summed E-state index contributed by atoms with van der Waals surface area (Å²) in [7, 11) is -10.4. The Balaban J connectivity index is 1.29. The minimum atomic E-state index is -5.21. The highest BCUT2D eigenvalue weighted by atomic mass is 32.2. The third-order valence-electron chi connectivity index (χ3n) is 10.3. The first-order valence-electron chi connectivity index (χ1n) is 21.9. The van der Waals surface area contributed by atoms with Crippen LogP contribution in [-0.4, -0.2) is 126 Å². The summed E-state index contributed by atoms with van der Waals surface area (Å²) in [4.78, 5) is 9.72. The lowest BCUT2D eigenvalue weighted by Crippen LogP contribution is -2.29. The molecule has 0 saturated carbocycles. The molecule has 0 unspecified atom stereocenters. The number of aliphatic imine (C=N–C) groups is 2. The quantitative estimate of drug-likeness (QED) is 0.00995. The van der Waals surface area contributed by atoms with Crippen LogP contribution in [0.4, 0.5) is 73.9 Å². The van der Waals surface area contributed by atoms with Crippen LogP contribution in [0.2, 0.25) is 0 Å². The van der Waals surface area contributed by atoms with Gasteiger partial charge in [0.2, 0.25) is 0 Å². The Hall–Kier alpha value is -8.22. The van der Waals surface area contributed by atoms with Crippen LogP contribution in [0.25, 0.3) is 10.8 Å². The van der Waals surface area contributed by atoms with E-state index in [1.165, 1.54) is 62.4 Å². The van der Waals surface area contributed by atoms with E-state index in [0.29, 0.717) is 22.7 Å². The number of aliphatic hydroxyl groups excluding tert-OH is 6. The average molecular weight is 1060 g/mol. The van der Waals surface area contributed by atoms with E-state index < -0.39 is 58.2 Å². The van der Waals surface area contributed by atoms with Gasteiger partial charge in [0.1, 0.15) is 32.5 Å². The molecule has 0 aliphatic carbocycles. The van der Waals surface area contributed by atoms with Crippen molar-refractivity contribution in [2.75, 3.05) is 68.1 Å². The summed E-state index contributed by atoms with van der Waals surface area (Å²) in [6.07, 6.45) is 0. The summed E-state index contributed by atoms with van der Waals surface area (Å²) in [6, 6.07) is 22.8. The number of hydrogen-bond acceptors (Lipinski definition) is 22. The third-order valence-corrected chi connectivity index (χ3v) is 12.1. The number of nitrogens with two attached hydrogens (primary N) is 1. The number of hydrogen-bond donors (Lipinski definition) is 10. The summed E-state index contributed by atoms with van der Waals surface area (Å²) in [5.74, 6) is -1.50. The molecule has 0 amide bonds. The zero-order valence-corrected chi connectivity index (χ0v) is 40.9. The van der Waals surface area contributed by atoms with Crippen LogP contribution in [-0.2, 0) is 20.2 Å². The molecule has 74 heavy (non-hydrogen) atoms. The molecular weight excluding hydrogens is 1010 g/mol. The molecule has 28 heteroatoms. The molecule has 388 valence electrons. The van der Waals surface area contributed by atoms with Gasteiger partial charge in [-0.1, -0.05) is 0 Å². The lowest BCUT2D eigenvalue weighted by Gasteiger charge is -2.23. The molecule has 0 aromatic heterocycles. The van der Waals surface area contributed by atoms with E-state index in [1.807, 2.05) is 0 Å². The monoisotopic (exact) mass is 1060 g/mol. The first-order chi connectivity index (χ1) is 35.2. The van der Waals surface area contributed by atoms with Crippen LogP contribution in [0.1, 0.15) is 13.8 Å². The number of phenolic OH excluding ortho intramolecular Hbond substituents is 1. The molecule has 6 aromatic rings. The Bertz CT molecular complexity index is 3190. The van der Waals surface area contributed by atoms with Gasteiger partial charge in [-0.05, 0) is 102 Å². The molecule has 11 N–H and O–H groups in total. The zero-order valence-electron chi connectivity index (χ0n) is 39.3. The third kappa shape index (κ3) is 14.0. The second-order valence-corrected chi connectivity index (χ2v) is 18.4. The standard InChI is InChI=1S/C46H49N13O13S2/c1-27(64)48-38-25-34(58(15-19-60)16-20-61)11-13-36(38)54-50-30-3-7-32(8-4-30)52-56-44-40(73(67,68)69)23-29-24-41(74(70,71)72)45(46(66)42(29)43(44)47)57-53-33-9-5-31(6-10-33)51-55-37-14-12-35(26-39(37)49-28(2)65)59(17-21-62)18-22-63/h3-14,23-26,60-63,66H,15-22,47H2,1-2H3,(H,48,64)(H,49,65)(H,67,68,69)(H,70,71,72). The Morgan fingerprint density at radius 2 is 0.824 bits per heavy atom. The predicted octanol–water partition coefficient (Wildman–Crippen LogP) is 9.08. The summed E-state index contributed by atoms with van der Waals surface area (Å²) in [5.41, 5.74) is 7.33. The van der Waals surface area contributed by atoms with Crippen molar-refractivity contribution in [1.82, 2.24) is 0 Å². The number of benzene rings is 6. The summed E-state index contributed by atoms with van der Waals surface area (Å²) < 4.78 is 71.1. The molecule has 0 heterocycles. The smallest absolute Gasteiger partial charge is 0.296 e. The highest BCUT2D eigenvalue weighted by Gasteiger charge is 2.28. The number of fused-ring (bicyclic) bond motifs is 1. The van der Waals surface area contributed by atoms with Crippen LogP contribution in [0.3, 0.4) is 0 Å². The van der Waals surface area contributed by atoms with Gasteiger partial charge < -0.3 is 51.3 Å². The number of nitrogen functional groups attached to an aromatic ring is 1. The minimum Gasteiger partial charge on any atom is -0.505 e. The van der Waals surface area contributed by atoms with Crippen LogP contribution < -0.4 is 15.5 Å². The van der Waals surface area contributed by atoms with E-state index in [2.05, 4.69) is 50.9 Å². The Morgan fingerprint density at radius 1 is 0.486 bits per heavy atom. The van der Waals surface area contributed by atoms with E-state index in [0.717, 1.165) is 12.1 Å². The number of aliphatic hydroxyl groups is 6. The molecule has 26 nitrogen and oxygen atoms in total. The molecular formula is C46H49N13O13S2. The van der Waals surface area contributed by atoms with Gasteiger partial charge in [0.15, 0.2) is 17.5 Å². The Morgan fingerprint density at radius 3 is 1.16 bits per heavy atom. The van der Waals surface area contributed by atoms with Crippen LogP contribution in [0.15, 0.2) is 158 Å². The second kappa shape index (κ2) is 24.5. The number of rotatable bonds is 22. The molecule has 0 aliphatic heterocycles. The van der Waals surface area contributed by atoms with Gasteiger partial charge in [0.05, 0.1) is 71.6 Å². The summed E-state index contributed by atoms with van der Waals surface area (Å²) >= 11 is 0. The number of phenols is 1. The van der Waals surface area contributed by atoms with Crippen molar-refractivity contribution in [3.05, 3.63) is 97.1 Å². The van der Waals surface area contributed by atoms with Crippen LogP contribution >= 0.6 is 0 Å². The highest BCUT2D eigenvalue weighted by Crippen LogP contribution is 2.48. The maximum atomic E-state index is 12.7. The number of azo groups is 4. The fraction of sp³-hybridized carbons (Fsp3) is 0.217. The molecule has 0 bridgehead atoms. The first-order valence-corrected chi connectivity index (χ1v) is 24.8. The normalized spacial score (nSPS) is 12.9. The Kier molecular flexibility index (Phi) is 18.2. The lowest BCUT2D eigenvalue weighted by atomic mass is 10.1. The second-order valence-electron chi connectivity index (χ2n) is 15.6. The maximum Gasteiger partial charge on any atom is 0.296 e. The fourth-order valence-electron chi connectivity index (χ4n) is 7.05. The lowest BCUT2D eigenvalue weighted by molar-refractivity contribution is 0.280. The van der Waals surface area contributed by atoms with E-state index >= 15 is 0 Å². The minimum absolute atomic E-state index is 0.0887. The van der Waals surface area contributed by atoms with Gasteiger partial charge in [0, 0.05) is 51.4 Å². The average Bonchev–Trinajstić information content (AvgIpc) is 3.34. The molecule has 0 atom stereocenters. The number of nitrogens with zero attached hydrogens (tertiary/aromatic N) is 12. The fourth-order valence-corrected chi connectivity index (χ4v) is 8.38. The van der Waals surface area contributed by atoms with Gasteiger partial charge >= 0.3 is 0 Å². The predicted molar refractivity (Wildman–Crippen MR) is 276 cm³/mol. The molecule has 0 spiro atoms. The molecule has 0 saturated heterocycles. The van der Waals surface area contributed by atoms with E-state index in [4.69, 9.17) is 5.73 Å². The van der Waals surface area contributed by atoms with Crippen molar-refractivity contribution in [2.45, 2.75) is 23.6 Å². The molecule has 0 aliphatic rings. The SMILES string of the molecule is CC(O)=Nc1cc(N(CCO)CCO)ccc1N=Nc1ccc(N=Nc2c(S(=O)(=O)O)cc3cc(S(=O)(=O)O)c(N=Nc4ccc(N=Nc5ccc(N(CCO)CCO)cc5N=C(C)O)cc4)c(O)c3c2N)cc1. The Labute approximate surface area is 422 Å². The maximum absolute atomic E-state index is 12.7. The van der Waals surface area contributed by atoms with Crippen LogP contribution in [0, 0.1) is 0 Å². The molecule has 0 fully saturated rings. The van der Waals surface area contributed by atoms with E-state index in [9.17, 15) is 61.7 Å². The van der Waals surface area contributed by atoms with Gasteiger partial charge in [-0.2, -0.15) is 37.3 Å². The highest BCUT2D eigenvalue weighted by molar-refractivity contribution is 7.86.